The van der Waals surface area contributed by atoms with Crippen LogP contribution in [0, 0.1) is 0 Å². The fourth-order valence-electron chi connectivity index (χ4n) is 2.23. The van der Waals surface area contributed by atoms with Gasteiger partial charge in [0.15, 0.2) is 0 Å². The summed E-state index contributed by atoms with van der Waals surface area (Å²) in [5.41, 5.74) is 0.0530. The Labute approximate surface area is 125 Å². The molecule has 7 heteroatoms. The molecule has 0 spiro atoms. The molecule has 0 bridgehead atoms. The van der Waals surface area contributed by atoms with E-state index in [1.165, 1.54) is 23.9 Å². The molecule has 3 nitrogen and oxygen atoms in total. The van der Waals surface area contributed by atoms with Crippen LogP contribution in [-0.2, 0) is 11.0 Å². The van der Waals surface area contributed by atoms with Crippen molar-refractivity contribution in [2.75, 3.05) is 20.1 Å². The van der Waals surface area contributed by atoms with Crippen LogP contribution >= 0.6 is 11.8 Å². The van der Waals surface area contributed by atoms with Crippen LogP contribution in [0.25, 0.3) is 0 Å². The molecule has 1 heterocycles. The van der Waals surface area contributed by atoms with E-state index in [9.17, 15) is 18.0 Å². The second-order valence-electron chi connectivity index (χ2n) is 4.89. The van der Waals surface area contributed by atoms with E-state index in [1.54, 1.807) is 11.9 Å². The standard InChI is InChI=1S/C14H17F3N2OS/c1-9-12(20)19(8-7-18-2)13(21-9)10-3-5-11(6-4-10)14(15,16)17/h3-6,9,13,18H,7-8H2,1-2H3/t9-,13+/m1/s1. The van der Waals surface area contributed by atoms with Crippen LogP contribution in [0.1, 0.15) is 23.4 Å². The van der Waals surface area contributed by atoms with Gasteiger partial charge in [0.2, 0.25) is 5.91 Å². The zero-order chi connectivity index (χ0) is 15.6. The third kappa shape index (κ3) is 3.52. The van der Waals surface area contributed by atoms with Crippen molar-refractivity contribution in [2.24, 2.45) is 0 Å². The number of nitrogens with zero attached hydrogens (tertiary/aromatic N) is 1. The molecule has 1 fully saturated rings. The number of thioether (sulfide) groups is 1. The summed E-state index contributed by atoms with van der Waals surface area (Å²) in [5, 5.41) is 2.59. The second kappa shape index (κ2) is 6.27. The van der Waals surface area contributed by atoms with Crippen molar-refractivity contribution < 1.29 is 18.0 Å². The Morgan fingerprint density at radius 3 is 2.43 bits per heavy atom. The van der Waals surface area contributed by atoms with E-state index in [-0.39, 0.29) is 16.5 Å². The summed E-state index contributed by atoms with van der Waals surface area (Å²) >= 11 is 1.47. The highest BCUT2D eigenvalue weighted by Crippen LogP contribution is 2.43. The SMILES string of the molecule is CNCCN1C(=O)[C@@H](C)S[C@H]1c1ccc(C(F)(F)F)cc1. The van der Waals surface area contributed by atoms with Gasteiger partial charge in [-0.05, 0) is 31.7 Å². The Hall–Kier alpha value is -1.21. The third-order valence-corrected chi connectivity index (χ3v) is 4.77. The van der Waals surface area contributed by atoms with E-state index >= 15 is 0 Å². The highest BCUT2D eigenvalue weighted by Gasteiger charge is 2.38. The molecule has 2 atom stereocenters. The number of carbonyl (C=O) groups is 1. The highest BCUT2D eigenvalue weighted by atomic mass is 32.2. The lowest BCUT2D eigenvalue weighted by Crippen LogP contribution is -2.35. The van der Waals surface area contributed by atoms with Crippen LogP contribution in [0.4, 0.5) is 13.2 Å². The number of alkyl halides is 3. The summed E-state index contributed by atoms with van der Waals surface area (Å²) < 4.78 is 37.8. The molecule has 1 aromatic rings. The van der Waals surface area contributed by atoms with Gasteiger partial charge in [0.05, 0.1) is 10.8 Å². The summed E-state index contributed by atoms with van der Waals surface area (Å²) in [5.74, 6) is 0.0279. The number of amides is 1. The molecule has 21 heavy (non-hydrogen) atoms. The average Bonchev–Trinajstić information content (AvgIpc) is 2.72. The second-order valence-corrected chi connectivity index (χ2v) is 6.31. The molecule has 1 saturated heterocycles. The molecule has 116 valence electrons. The number of likely N-dealkylation sites (N-methyl/N-ethyl adjacent to an activating group) is 1. The maximum atomic E-state index is 12.6. The van der Waals surface area contributed by atoms with Crippen molar-refractivity contribution in [1.82, 2.24) is 10.2 Å². The van der Waals surface area contributed by atoms with Crippen molar-refractivity contribution >= 4 is 17.7 Å². The smallest absolute Gasteiger partial charge is 0.324 e. The van der Waals surface area contributed by atoms with Gasteiger partial charge in [0.1, 0.15) is 5.37 Å². The van der Waals surface area contributed by atoms with Gasteiger partial charge in [-0.3, -0.25) is 4.79 Å². The van der Waals surface area contributed by atoms with E-state index in [0.717, 1.165) is 17.7 Å². The minimum absolute atomic E-state index is 0.0279. The molecule has 1 aromatic carbocycles. The lowest BCUT2D eigenvalue weighted by Gasteiger charge is -2.24. The van der Waals surface area contributed by atoms with Crippen LogP contribution in [0.15, 0.2) is 24.3 Å². The normalized spacial score (nSPS) is 22.9. The fraction of sp³-hybridized carbons (Fsp3) is 0.500. The predicted octanol–water partition coefficient (Wildman–Crippen LogP) is 2.89. The Balaban J connectivity index is 2.21. The summed E-state index contributed by atoms with van der Waals surface area (Å²) in [4.78, 5) is 13.8. The molecular formula is C14H17F3N2OS. The Morgan fingerprint density at radius 2 is 1.90 bits per heavy atom. The highest BCUT2D eigenvalue weighted by molar-refractivity contribution is 8.01. The van der Waals surface area contributed by atoms with Crippen molar-refractivity contribution in [2.45, 2.75) is 23.7 Å². The van der Waals surface area contributed by atoms with Crippen LogP contribution in [0.3, 0.4) is 0 Å². The molecule has 1 amide bonds. The topological polar surface area (TPSA) is 32.3 Å². The van der Waals surface area contributed by atoms with Crippen molar-refractivity contribution in [1.29, 1.82) is 0 Å². The van der Waals surface area contributed by atoms with Gasteiger partial charge in [-0.15, -0.1) is 11.8 Å². The third-order valence-electron chi connectivity index (χ3n) is 3.37. The fourth-order valence-corrected chi connectivity index (χ4v) is 3.54. The number of rotatable bonds is 4. The number of hydrogen-bond acceptors (Lipinski definition) is 3. The maximum Gasteiger partial charge on any atom is 0.416 e. The first-order valence-electron chi connectivity index (χ1n) is 6.62. The van der Waals surface area contributed by atoms with Gasteiger partial charge < -0.3 is 10.2 Å². The maximum absolute atomic E-state index is 12.6. The van der Waals surface area contributed by atoms with Gasteiger partial charge in [0.25, 0.3) is 0 Å². The van der Waals surface area contributed by atoms with Gasteiger partial charge in [-0.25, -0.2) is 0 Å². The lowest BCUT2D eigenvalue weighted by molar-refractivity contribution is -0.137. The predicted molar refractivity (Wildman–Crippen MR) is 76.9 cm³/mol. The van der Waals surface area contributed by atoms with Gasteiger partial charge in [-0.1, -0.05) is 12.1 Å². The summed E-state index contributed by atoms with van der Waals surface area (Å²) in [6.45, 7) is 3.01. The summed E-state index contributed by atoms with van der Waals surface area (Å²) in [6, 6.07) is 5.05. The molecule has 0 aromatic heterocycles. The van der Waals surface area contributed by atoms with Gasteiger partial charge in [0, 0.05) is 13.1 Å². The Bertz CT molecular complexity index is 504. The first kappa shape index (κ1) is 16.2. The van der Waals surface area contributed by atoms with Crippen LogP contribution in [0.2, 0.25) is 0 Å². The van der Waals surface area contributed by atoms with Crippen molar-refractivity contribution in [3.05, 3.63) is 35.4 Å². The number of benzene rings is 1. The Kier molecular flexibility index (Phi) is 4.83. The first-order valence-corrected chi connectivity index (χ1v) is 7.56. The molecule has 1 aliphatic heterocycles. The molecule has 1 aliphatic rings. The largest absolute Gasteiger partial charge is 0.416 e. The zero-order valence-corrected chi connectivity index (χ0v) is 12.6. The number of carbonyl (C=O) groups excluding carboxylic acids is 1. The minimum atomic E-state index is -4.34. The molecule has 0 aliphatic carbocycles. The van der Waals surface area contributed by atoms with Crippen LogP contribution in [0.5, 0.6) is 0 Å². The molecule has 0 unspecified atom stereocenters. The van der Waals surface area contributed by atoms with Gasteiger partial charge >= 0.3 is 6.18 Å². The summed E-state index contributed by atoms with van der Waals surface area (Å²) in [7, 11) is 1.80. The molecule has 1 N–H and O–H groups in total. The lowest BCUT2D eigenvalue weighted by atomic mass is 10.1. The van der Waals surface area contributed by atoms with Crippen molar-refractivity contribution in [3.63, 3.8) is 0 Å². The van der Waals surface area contributed by atoms with E-state index in [2.05, 4.69) is 5.32 Å². The minimum Gasteiger partial charge on any atom is -0.324 e. The van der Waals surface area contributed by atoms with Crippen LogP contribution < -0.4 is 5.32 Å². The van der Waals surface area contributed by atoms with E-state index in [0.29, 0.717) is 13.1 Å². The van der Waals surface area contributed by atoms with E-state index in [1.807, 2.05) is 6.92 Å². The number of halogens is 3. The monoisotopic (exact) mass is 318 g/mol. The molecule has 0 saturated carbocycles. The number of nitrogens with one attached hydrogen (secondary N) is 1. The van der Waals surface area contributed by atoms with E-state index < -0.39 is 11.7 Å². The molecular weight excluding hydrogens is 301 g/mol. The average molecular weight is 318 g/mol. The first-order chi connectivity index (χ1) is 9.84. The van der Waals surface area contributed by atoms with E-state index in [4.69, 9.17) is 0 Å². The number of hydrogen-bond donors (Lipinski definition) is 1. The summed E-state index contributed by atoms with van der Waals surface area (Å²) in [6.07, 6.45) is -4.34. The Morgan fingerprint density at radius 1 is 1.29 bits per heavy atom. The van der Waals surface area contributed by atoms with Crippen molar-refractivity contribution in [3.8, 4) is 0 Å². The van der Waals surface area contributed by atoms with Crippen LogP contribution in [-0.4, -0.2) is 36.2 Å². The zero-order valence-electron chi connectivity index (χ0n) is 11.8. The quantitative estimate of drug-likeness (QED) is 0.926. The molecule has 0 radical (unpaired) electrons. The van der Waals surface area contributed by atoms with Gasteiger partial charge in [-0.2, -0.15) is 13.2 Å². The molecule has 2 rings (SSSR count).